The molecule has 0 aliphatic rings. The van der Waals surface area contributed by atoms with Crippen LogP contribution in [0.15, 0.2) is 51.9 Å². The van der Waals surface area contributed by atoms with Crippen molar-refractivity contribution in [3.05, 3.63) is 75.7 Å². The standard InChI is InChI=1S/C22H21N3O3.C4H10/c1-13-9-16-10-18(21-14(2)24-28-15(21)3)20(27-4)11-19(16)25(22(13)26)12-17-7-5-6-8-23-17;1-4(2)3/h5-11H,12H2,1-4H3;4H,1-3H3. The van der Waals surface area contributed by atoms with Crippen molar-refractivity contribution in [3.63, 3.8) is 0 Å². The predicted octanol–water partition coefficient (Wildman–Crippen LogP) is 5.70. The number of ether oxygens (including phenoxy) is 1. The summed E-state index contributed by atoms with van der Waals surface area (Å²) in [7, 11) is 1.62. The van der Waals surface area contributed by atoms with Gasteiger partial charge in [-0.25, -0.2) is 0 Å². The Labute approximate surface area is 188 Å². The van der Waals surface area contributed by atoms with E-state index in [1.807, 2.05) is 57.2 Å². The first kappa shape index (κ1) is 23.3. The molecule has 0 saturated carbocycles. The van der Waals surface area contributed by atoms with Gasteiger partial charge in [-0.05, 0) is 56.3 Å². The molecule has 0 unspecified atom stereocenters. The molecule has 0 aliphatic carbocycles. The van der Waals surface area contributed by atoms with Gasteiger partial charge in [-0.3, -0.25) is 9.78 Å². The number of pyridine rings is 2. The van der Waals surface area contributed by atoms with Crippen LogP contribution in [0, 0.1) is 26.7 Å². The van der Waals surface area contributed by atoms with Crippen molar-refractivity contribution in [1.82, 2.24) is 14.7 Å². The molecule has 0 amide bonds. The summed E-state index contributed by atoms with van der Waals surface area (Å²) in [5.74, 6) is 2.23. The molecule has 3 heterocycles. The summed E-state index contributed by atoms with van der Waals surface area (Å²) >= 11 is 0. The van der Waals surface area contributed by atoms with E-state index in [-0.39, 0.29) is 5.56 Å². The number of benzene rings is 1. The summed E-state index contributed by atoms with van der Waals surface area (Å²) < 4.78 is 12.7. The molecular weight excluding hydrogens is 402 g/mol. The summed E-state index contributed by atoms with van der Waals surface area (Å²) in [6.45, 7) is 12.5. The largest absolute Gasteiger partial charge is 0.496 e. The molecular formula is C26H31N3O3. The van der Waals surface area contributed by atoms with E-state index in [0.717, 1.165) is 45.1 Å². The van der Waals surface area contributed by atoms with Crippen LogP contribution in [0.2, 0.25) is 0 Å². The van der Waals surface area contributed by atoms with Gasteiger partial charge >= 0.3 is 0 Å². The van der Waals surface area contributed by atoms with E-state index in [0.29, 0.717) is 17.9 Å². The van der Waals surface area contributed by atoms with Gasteiger partial charge < -0.3 is 13.8 Å². The minimum atomic E-state index is -0.0368. The second-order valence-corrected chi connectivity index (χ2v) is 8.58. The summed E-state index contributed by atoms with van der Waals surface area (Å²) in [6, 6.07) is 11.5. The lowest BCUT2D eigenvalue weighted by atomic mass is 9.99. The van der Waals surface area contributed by atoms with Gasteiger partial charge in [0.05, 0.1) is 36.1 Å². The molecule has 6 heteroatoms. The van der Waals surface area contributed by atoms with Gasteiger partial charge in [0.2, 0.25) is 0 Å². The number of fused-ring (bicyclic) bond motifs is 1. The molecule has 1 aromatic carbocycles. The number of nitrogens with zero attached hydrogens (tertiary/aromatic N) is 3. The molecule has 4 rings (SSSR count). The van der Waals surface area contributed by atoms with Crippen LogP contribution in [0.4, 0.5) is 0 Å². The molecule has 4 aromatic rings. The molecule has 0 fully saturated rings. The van der Waals surface area contributed by atoms with E-state index in [4.69, 9.17) is 9.26 Å². The van der Waals surface area contributed by atoms with Crippen LogP contribution in [-0.4, -0.2) is 21.8 Å². The molecule has 168 valence electrons. The average molecular weight is 434 g/mol. The monoisotopic (exact) mass is 433 g/mol. The van der Waals surface area contributed by atoms with Crippen molar-refractivity contribution in [2.24, 2.45) is 5.92 Å². The van der Waals surface area contributed by atoms with Crippen LogP contribution < -0.4 is 10.3 Å². The third kappa shape index (κ3) is 4.90. The minimum Gasteiger partial charge on any atom is -0.496 e. The van der Waals surface area contributed by atoms with Crippen LogP contribution in [-0.2, 0) is 6.54 Å². The van der Waals surface area contributed by atoms with E-state index in [1.165, 1.54) is 0 Å². The quantitative estimate of drug-likeness (QED) is 0.413. The lowest BCUT2D eigenvalue weighted by molar-refractivity contribution is 0.393. The van der Waals surface area contributed by atoms with Gasteiger partial charge in [0, 0.05) is 23.4 Å². The number of aromatic nitrogens is 3. The first-order valence-corrected chi connectivity index (χ1v) is 10.8. The fourth-order valence-corrected chi connectivity index (χ4v) is 3.59. The zero-order chi connectivity index (χ0) is 23.4. The van der Waals surface area contributed by atoms with Crippen molar-refractivity contribution in [1.29, 1.82) is 0 Å². The van der Waals surface area contributed by atoms with E-state index in [2.05, 4.69) is 30.9 Å². The molecule has 3 aromatic heterocycles. The van der Waals surface area contributed by atoms with Crippen molar-refractivity contribution in [2.75, 3.05) is 7.11 Å². The van der Waals surface area contributed by atoms with Gasteiger partial charge in [-0.15, -0.1) is 0 Å². The van der Waals surface area contributed by atoms with Crippen LogP contribution in [0.25, 0.3) is 22.0 Å². The number of methoxy groups -OCH3 is 1. The Morgan fingerprint density at radius 1 is 1.09 bits per heavy atom. The Morgan fingerprint density at radius 2 is 1.81 bits per heavy atom. The molecule has 0 bridgehead atoms. The van der Waals surface area contributed by atoms with Crippen molar-refractivity contribution < 1.29 is 9.26 Å². The van der Waals surface area contributed by atoms with Gasteiger partial charge in [0.1, 0.15) is 11.5 Å². The SMILES string of the molecule is CC(C)C.COc1cc2c(cc1-c1c(C)noc1C)cc(C)c(=O)n2Cc1ccccn1. The number of aryl methyl sites for hydroxylation is 3. The van der Waals surface area contributed by atoms with Crippen LogP contribution >= 0.6 is 0 Å². The van der Waals surface area contributed by atoms with E-state index in [9.17, 15) is 4.79 Å². The predicted molar refractivity (Wildman–Crippen MR) is 128 cm³/mol. The highest BCUT2D eigenvalue weighted by Gasteiger charge is 2.19. The summed E-state index contributed by atoms with van der Waals surface area (Å²) in [5.41, 5.74) is 4.88. The highest BCUT2D eigenvalue weighted by Crippen LogP contribution is 2.37. The van der Waals surface area contributed by atoms with E-state index < -0.39 is 0 Å². The first-order valence-electron chi connectivity index (χ1n) is 10.8. The Kier molecular flexibility index (Phi) is 7.13. The number of hydrogen-bond donors (Lipinski definition) is 0. The third-order valence-corrected chi connectivity index (χ3v) is 4.94. The number of hydrogen-bond acceptors (Lipinski definition) is 5. The van der Waals surface area contributed by atoms with Gasteiger partial charge in [0.15, 0.2) is 0 Å². The smallest absolute Gasteiger partial charge is 0.254 e. The molecule has 0 atom stereocenters. The third-order valence-electron chi connectivity index (χ3n) is 4.94. The van der Waals surface area contributed by atoms with Gasteiger partial charge in [0.25, 0.3) is 5.56 Å². The zero-order valence-corrected chi connectivity index (χ0v) is 19.9. The van der Waals surface area contributed by atoms with E-state index in [1.54, 1.807) is 17.9 Å². The second-order valence-electron chi connectivity index (χ2n) is 8.58. The summed E-state index contributed by atoms with van der Waals surface area (Å²) in [6.07, 6.45) is 1.73. The molecule has 6 nitrogen and oxygen atoms in total. The molecule has 0 saturated heterocycles. The van der Waals surface area contributed by atoms with Crippen molar-refractivity contribution in [3.8, 4) is 16.9 Å². The zero-order valence-electron chi connectivity index (χ0n) is 19.9. The van der Waals surface area contributed by atoms with Crippen LogP contribution in [0.3, 0.4) is 0 Å². The van der Waals surface area contributed by atoms with Crippen LogP contribution in [0.5, 0.6) is 5.75 Å². The maximum absolute atomic E-state index is 12.9. The Hall–Kier alpha value is -3.41. The average Bonchev–Trinajstić information content (AvgIpc) is 3.09. The number of rotatable bonds is 4. The maximum atomic E-state index is 12.9. The fraction of sp³-hybridized carbons (Fsp3) is 0.346. The first-order chi connectivity index (χ1) is 15.2. The molecule has 0 aliphatic heterocycles. The summed E-state index contributed by atoms with van der Waals surface area (Å²) in [4.78, 5) is 17.2. The van der Waals surface area contributed by atoms with Gasteiger partial charge in [-0.1, -0.05) is 32.0 Å². The minimum absolute atomic E-state index is 0.0368. The van der Waals surface area contributed by atoms with Crippen molar-refractivity contribution in [2.45, 2.75) is 48.1 Å². The van der Waals surface area contributed by atoms with Crippen molar-refractivity contribution >= 4 is 10.9 Å². The Morgan fingerprint density at radius 3 is 2.38 bits per heavy atom. The molecule has 0 spiro atoms. The normalized spacial score (nSPS) is 10.9. The second kappa shape index (κ2) is 9.81. The van der Waals surface area contributed by atoms with Gasteiger partial charge in [-0.2, -0.15) is 0 Å². The fourth-order valence-electron chi connectivity index (χ4n) is 3.59. The van der Waals surface area contributed by atoms with E-state index >= 15 is 0 Å². The molecule has 0 N–H and O–H groups in total. The maximum Gasteiger partial charge on any atom is 0.254 e. The Balaban J connectivity index is 0.000000668. The molecule has 32 heavy (non-hydrogen) atoms. The summed E-state index contributed by atoms with van der Waals surface area (Å²) in [5, 5.41) is 5.01. The van der Waals surface area contributed by atoms with Crippen LogP contribution in [0.1, 0.15) is 43.5 Å². The highest BCUT2D eigenvalue weighted by atomic mass is 16.5. The Bertz CT molecular complexity index is 1250. The molecule has 0 radical (unpaired) electrons. The lowest BCUT2D eigenvalue weighted by Crippen LogP contribution is -2.23. The lowest BCUT2D eigenvalue weighted by Gasteiger charge is -2.15. The topological polar surface area (TPSA) is 70.2 Å². The highest BCUT2D eigenvalue weighted by molar-refractivity contribution is 5.90.